The molecule has 1 heterocycles. The molecule has 1 aromatic carbocycles. The molecule has 0 aliphatic carbocycles. The van der Waals surface area contributed by atoms with Crippen LogP contribution in [-0.4, -0.2) is 22.4 Å². The number of aromatic nitrogens is 1. The summed E-state index contributed by atoms with van der Waals surface area (Å²) >= 11 is 19.3. The van der Waals surface area contributed by atoms with Crippen LogP contribution in [0.2, 0.25) is 10.0 Å². The van der Waals surface area contributed by atoms with E-state index in [4.69, 9.17) is 35.4 Å². The van der Waals surface area contributed by atoms with Gasteiger partial charge in [0.2, 0.25) is 0 Å². The quantitative estimate of drug-likeness (QED) is 0.545. The Morgan fingerprint density at radius 1 is 1.17 bits per heavy atom. The van der Waals surface area contributed by atoms with Gasteiger partial charge in [0.15, 0.2) is 5.11 Å². The third-order valence-electron chi connectivity index (χ3n) is 2.97. The lowest BCUT2D eigenvalue weighted by atomic mass is 10.2. The number of hydrogen-bond acceptors (Lipinski definition) is 3. The van der Waals surface area contributed by atoms with E-state index in [0.29, 0.717) is 15.2 Å². The van der Waals surface area contributed by atoms with Crippen LogP contribution in [0.25, 0.3) is 0 Å². The Hall–Kier alpha value is -1.01. The Balaban J connectivity index is 1.68. The summed E-state index contributed by atoms with van der Waals surface area (Å²) in [6.45, 7) is 2.70. The van der Waals surface area contributed by atoms with Crippen molar-refractivity contribution in [1.29, 1.82) is 0 Å². The van der Waals surface area contributed by atoms with Crippen LogP contribution in [0.15, 0.2) is 36.4 Å². The van der Waals surface area contributed by atoms with Crippen molar-refractivity contribution in [3.63, 3.8) is 0 Å². The highest BCUT2D eigenvalue weighted by molar-refractivity contribution is 7.98. The number of pyridine rings is 1. The lowest BCUT2D eigenvalue weighted by molar-refractivity contribution is 0.987. The molecule has 2 N–H and O–H groups in total. The molecule has 7 heteroatoms. The molecule has 0 saturated heterocycles. The van der Waals surface area contributed by atoms with Crippen molar-refractivity contribution in [2.45, 2.75) is 12.7 Å². The van der Waals surface area contributed by atoms with Crippen LogP contribution in [0.5, 0.6) is 0 Å². The van der Waals surface area contributed by atoms with Gasteiger partial charge in [-0.15, -0.1) is 0 Å². The molecule has 0 atom stereocenters. The average Bonchev–Trinajstić information content (AvgIpc) is 2.49. The molecule has 0 bridgehead atoms. The van der Waals surface area contributed by atoms with Gasteiger partial charge in [-0.3, -0.25) is 0 Å². The molecule has 0 saturated carbocycles. The molecule has 122 valence electrons. The molecule has 0 radical (unpaired) electrons. The predicted octanol–water partition coefficient (Wildman–Crippen LogP) is 4.92. The molecule has 0 unspecified atom stereocenters. The first-order chi connectivity index (χ1) is 11.1. The monoisotopic (exact) mass is 385 g/mol. The van der Waals surface area contributed by atoms with E-state index >= 15 is 0 Å². The van der Waals surface area contributed by atoms with Crippen molar-refractivity contribution in [3.05, 3.63) is 57.7 Å². The molecule has 0 amide bonds. The first kappa shape index (κ1) is 18.3. The van der Waals surface area contributed by atoms with Crippen LogP contribution in [0, 0.1) is 6.92 Å². The standard InChI is InChI=1S/C16H17Cl2N3S2/c1-11-4-2-7-15(20-11)21-16(22)19-8-9-23-10-12-13(17)5-3-6-14(12)18/h2-7H,8-10H2,1H3,(H2,19,20,21,22). The number of nitrogens with zero attached hydrogens (tertiary/aromatic N) is 1. The van der Waals surface area contributed by atoms with Crippen LogP contribution in [0.1, 0.15) is 11.3 Å². The van der Waals surface area contributed by atoms with Gasteiger partial charge in [0.1, 0.15) is 5.82 Å². The Bertz CT molecular complexity index is 660. The second-order valence-electron chi connectivity index (χ2n) is 4.80. The largest absolute Gasteiger partial charge is 0.362 e. The number of benzene rings is 1. The van der Waals surface area contributed by atoms with Crippen LogP contribution in [0.4, 0.5) is 5.82 Å². The molecule has 2 rings (SSSR count). The summed E-state index contributed by atoms with van der Waals surface area (Å²) in [6.07, 6.45) is 0. The van der Waals surface area contributed by atoms with E-state index in [2.05, 4.69) is 15.6 Å². The van der Waals surface area contributed by atoms with Gasteiger partial charge in [-0.1, -0.05) is 35.3 Å². The number of thioether (sulfide) groups is 1. The fraction of sp³-hybridized carbons (Fsp3) is 0.250. The number of aryl methyl sites for hydroxylation is 1. The second kappa shape index (κ2) is 9.33. The maximum absolute atomic E-state index is 6.14. The molecule has 3 nitrogen and oxygen atoms in total. The molecule has 0 fully saturated rings. The van der Waals surface area contributed by atoms with Crippen molar-refractivity contribution in [1.82, 2.24) is 10.3 Å². The highest BCUT2D eigenvalue weighted by Crippen LogP contribution is 2.27. The zero-order chi connectivity index (χ0) is 16.7. The molecule has 1 aromatic heterocycles. The topological polar surface area (TPSA) is 37.0 Å². The third kappa shape index (κ3) is 6.18. The number of halogens is 2. The molecular formula is C16H17Cl2N3S2. The lowest BCUT2D eigenvalue weighted by Gasteiger charge is -2.10. The Morgan fingerprint density at radius 3 is 2.57 bits per heavy atom. The fourth-order valence-corrected chi connectivity index (χ4v) is 3.66. The van der Waals surface area contributed by atoms with Crippen LogP contribution >= 0.6 is 47.2 Å². The number of nitrogens with one attached hydrogen (secondary N) is 2. The summed E-state index contributed by atoms with van der Waals surface area (Å²) in [7, 11) is 0. The molecule has 0 spiro atoms. The third-order valence-corrected chi connectivity index (χ3v) is 4.91. The Kier molecular flexibility index (Phi) is 7.43. The van der Waals surface area contributed by atoms with Crippen molar-refractivity contribution in [3.8, 4) is 0 Å². The average molecular weight is 386 g/mol. The van der Waals surface area contributed by atoms with Crippen LogP contribution in [-0.2, 0) is 5.75 Å². The van der Waals surface area contributed by atoms with Crippen LogP contribution in [0.3, 0.4) is 0 Å². The predicted molar refractivity (Wildman–Crippen MR) is 106 cm³/mol. The van der Waals surface area contributed by atoms with E-state index in [9.17, 15) is 0 Å². The van der Waals surface area contributed by atoms with Crippen molar-refractivity contribution in [2.75, 3.05) is 17.6 Å². The van der Waals surface area contributed by atoms with Crippen molar-refractivity contribution >= 4 is 58.1 Å². The van der Waals surface area contributed by atoms with Crippen molar-refractivity contribution < 1.29 is 0 Å². The SMILES string of the molecule is Cc1cccc(NC(=S)NCCSCc2c(Cl)cccc2Cl)n1. The van der Waals surface area contributed by atoms with Gasteiger partial charge in [0.05, 0.1) is 0 Å². The molecule has 23 heavy (non-hydrogen) atoms. The normalized spacial score (nSPS) is 10.4. The maximum Gasteiger partial charge on any atom is 0.171 e. The maximum atomic E-state index is 6.14. The minimum absolute atomic E-state index is 0.569. The number of rotatable bonds is 6. The van der Waals surface area contributed by atoms with Gasteiger partial charge in [0, 0.05) is 33.8 Å². The number of hydrogen-bond donors (Lipinski definition) is 2. The van der Waals surface area contributed by atoms with Crippen molar-refractivity contribution in [2.24, 2.45) is 0 Å². The Morgan fingerprint density at radius 2 is 1.87 bits per heavy atom. The molecule has 2 aromatic rings. The minimum Gasteiger partial charge on any atom is -0.362 e. The van der Waals surface area contributed by atoms with Gasteiger partial charge in [-0.25, -0.2) is 4.98 Å². The number of thiocarbonyl (C=S) groups is 1. The summed E-state index contributed by atoms with van der Waals surface area (Å²) in [5.41, 5.74) is 1.93. The van der Waals surface area contributed by atoms with E-state index < -0.39 is 0 Å². The fourth-order valence-electron chi connectivity index (χ4n) is 1.85. The van der Waals surface area contributed by atoms with E-state index in [1.807, 2.05) is 43.3 Å². The van der Waals surface area contributed by atoms with Gasteiger partial charge < -0.3 is 10.6 Å². The second-order valence-corrected chi connectivity index (χ2v) is 7.13. The molecular weight excluding hydrogens is 369 g/mol. The number of anilines is 1. The molecule has 0 aliphatic heterocycles. The summed E-state index contributed by atoms with van der Waals surface area (Å²) in [5, 5.41) is 8.21. The van der Waals surface area contributed by atoms with Gasteiger partial charge in [-0.05, 0) is 49.0 Å². The summed E-state index contributed by atoms with van der Waals surface area (Å²) in [6, 6.07) is 11.3. The van der Waals surface area contributed by atoms with Gasteiger partial charge >= 0.3 is 0 Å². The van der Waals surface area contributed by atoms with E-state index in [0.717, 1.165) is 35.1 Å². The summed E-state index contributed by atoms with van der Waals surface area (Å²) < 4.78 is 0. The first-order valence-electron chi connectivity index (χ1n) is 7.05. The Labute approximate surface area is 156 Å². The first-order valence-corrected chi connectivity index (χ1v) is 9.37. The lowest BCUT2D eigenvalue weighted by Crippen LogP contribution is -2.30. The smallest absolute Gasteiger partial charge is 0.171 e. The highest BCUT2D eigenvalue weighted by atomic mass is 35.5. The van der Waals surface area contributed by atoms with Gasteiger partial charge in [-0.2, -0.15) is 11.8 Å². The van der Waals surface area contributed by atoms with E-state index in [-0.39, 0.29) is 0 Å². The summed E-state index contributed by atoms with van der Waals surface area (Å²) in [5.74, 6) is 2.42. The minimum atomic E-state index is 0.569. The summed E-state index contributed by atoms with van der Waals surface area (Å²) in [4.78, 5) is 4.34. The van der Waals surface area contributed by atoms with E-state index in [1.54, 1.807) is 11.8 Å². The van der Waals surface area contributed by atoms with Gasteiger partial charge in [0.25, 0.3) is 0 Å². The van der Waals surface area contributed by atoms with E-state index in [1.165, 1.54) is 0 Å². The zero-order valence-corrected chi connectivity index (χ0v) is 15.7. The molecule has 0 aliphatic rings. The zero-order valence-electron chi connectivity index (χ0n) is 12.6. The van der Waals surface area contributed by atoms with Crippen LogP contribution < -0.4 is 10.6 Å². The highest BCUT2D eigenvalue weighted by Gasteiger charge is 2.05.